The first-order valence-electron chi connectivity index (χ1n) is 9.12. The molecule has 0 spiro atoms. The van der Waals surface area contributed by atoms with Crippen molar-refractivity contribution in [2.75, 3.05) is 50.2 Å². The predicted molar refractivity (Wildman–Crippen MR) is 110 cm³/mol. The van der Waals surface area contributed by atoms with E-state index in [9.17, 15) is 4.79 Å². The van der Waals surface area contributed by atoms with Crippen molar-refractivity contribution in [1.82, 2.24) is 20.3 Å². The first kappa shape index (κ1) is 18.6. The minimum atomic E-state index is -0.124. The van der Waals surface area contributed by atoms with Crippen LogP contribution in [0.15, 0.2) is 30.3 Å². The zero-order chi connectivity index (χ0) is 19.5. The van der Waals surface area contributed by atoms with Gasteiger partial charge in [-0.05, 0) is 17.5 Å². The molecule has 0 radical (unpaired) electrons. The fraction of sp³-hybridized carbons (Fsp3) is 0.368. The molecule has 0 bridgehead atoms. The van der Waals surface area contributed by atoms with Gasteiger partial charge in [-0.1, -0.05) is 18.2 Å². The van der Waals surface area contributed by atoms with Gasteiger partial charge in [0.15, 0.2) is 5.82 Å². The average molecular weight is 398 g/mol. The Kier molecular flexibility index (Phi) is 5.36. The number of nitrogens with zero attached hydrogens (tertiary/aromatic N) is 5. The fourth-order valence-electron chi connectivity index (χ4n) is 2.92. The minimum Gasteiger partial charge on any atom is -0.378 e. The van der Waals surface area contributed by atoms with Crippen LogP contribution in [0.2, 0.25) is 0 Å². The number of nitrogens with one attached hydrogen (secondary N) is 1. The summed E-state index contributed by atoms with van der Waals surface area (Å²) in [6.07, 6.45) is 0. The van der Waals surface area contributed by atoms with Crippen LogP contribution in [0.3, 0.4) is 0 Å². The molecule has 3 aromatic rings. The van der Waals surface area contributed by atoms with Crippen molar-refractivity contribution in [3.8, 4) is 0 Å². The average Bonchev–Trinajstić information content (AvgIpc) is 3.17. The van der Waals surface area contributed by atoms with Crippen molar-refractivity contribution < 1.29 is 9.53 Å². The van der Waals surface area contributed by atoms with Gasteiger partial charge < -0.3 is 19.9 Å². The summed E-state index contributed by atoms with van der Waals surface area (Å²) < 4.78 is 6.50. The quantitative estimate of drug-likeness (QED) is 0.703. The third-order valence-electron chi connectivity index (χ3n) is 4.41. The maximum atomic E-state index is 12.6. The van der Waals surface area contributed by atoms with Gasteiger partial charge in [-0.2, -0.15) is 15.0 Å². The molecule has 3 heterocycles. The molecule has 1 aliphatic rings. The van der Waals surface area contributed by atoms with E-state index < -0.39 is 0 Å². The SMILES string of the molecule is CN(C)c1nc(CNC(=O)c2cc3ccccc3s2)nc(N2CCOCC2)n1. The van der Waals surface area contributed by atoms with E-state index >= 15 is 0 Å². The number of benzene rings is 1. The lowest BCUT2D eigenvalue weighted by atomic mass is 10.2. The van der Waals surface area contributed by atoms with Gasteiger partial charge in [-0.15, -0.1) is 11.3 Å². The molecule has 2 aromatic heterocycles. The minimum absolute atomic E-state index is 0.124. The Morgan fingerprint density at radius 3 is 2.75 bits per heavy atom. The number of aromatic nitrogens is 3. The molecule has 0 aliphatic carbocycles. The van der Waals surface area contributed by atoms with Crippen molar-refractivity contribution in [2.45, 2.75) is 6.54 Å². The smallest absolute Gasteiger partial charge is 0.261 e. The summed E-state index contributed by atoms with van der Waals surface area (Å²) in [5, 5.41) is 4.00. The molecule has 1 aromatic carbocycles. The van der Waals surface area contributed by atoms with Crippen LogP contribution in [-0.2, 0) is 11.3 Å². The molecule has 0 saturated carbocycles. The maximum Gasteiger partial charge on any atom is 0.261 e. The molecule has 1 aliphatic heterocycles. The van der Waals surface area contributed by atoms with Gasteiger partial charge in [0.1, 0.15) is 0 Å². The number of morpholine rings is 1. The lowest BCUT2D eigenvalue weighted by Crippen LogP contribution is -2.38. The van der Waals surface area contributed by atoms with Gasteiger partial charge in [0.2, 0.25) is 11.9 Å². The Labute approximate surface area is 167 Å². The van der Waals surface area contributed by atoms with Crippen molar-refractivity contribution in [2.24, 2.45) is 0 Å². The number of thiophene rings is 1. The number of hydrogen-bond donors (Lipinski definition) is 1. The molecule has 8 nitrogen and oxygen atoms in total. The van der Waals surface area contributed by atoms with Crippen molar-refractivity contribution in [3.05, 3.63) is 41.0 Å². The van der Waals surface area contributed by atoms with Crippen molar-refractivity contribution >= 4 is 39.2 Å². The molecule has 4 rings (SSSR count). The lowest BCUT2D eigenvalue weighted by Gasteiger charge is -2.27. The van der Waals surface area contributed by atoms with Crippen LogP contribution >= 0.6 is 11.3 Å². The number of rotatable bonds is 5. The van der Waals surface area contributed by atoms with Crippen LogP contribution in [0.25, 0.3) is 10.1 Å². The standard InChI is InChI=1S/C19H22N6O2S/c1-24(2)18-21-16(22-19(23-18)25-7-9-27-10-8-25)12-20-17(26)15-11-13-5-3-4-6-14(13)28-15/h3-6,11H,7-10,12H2,1-2H3,(H,20,26). The van der Waals surface area contributed by atoms with E-state index in [-0.39, 0.29) is 12.5 Å². The number of carbonyl (C=O) groups excluding carboxylic acids is 1. The summed E-state index contributed by atoms with van der Waals surface area (Å²) in [5.74, 6) is 1.60. The van der Waals surface area contributed by atoms with Gasteiger partial charge in [0.25, 0.3) is 5.91 Å². The molecule has 0 atom stereocenters. The molecule has 146 valence electrons. The van der Waals surface area contributed by atoms with Crippen LogP contribution in [0.5, 0.6) is 0 Å². The van der Waals surface area contributed by atoms with Crippen LogP contribution in [-0.4, -0.2) is 61.3 Å². The van der Waals surface area contributed by atoms with E-state index in [1.807, 2.05) is 49.3 Å². The predicted octanol–water partition coefficient (Wildman–Crippen LogP) is 1.92. The molecular formula is C19H22N6O2S. The Morgan fingerprint density at radius 1 is 1.21 bits per heavy atom. The van der Waals surface area contributed by atoms with E-state index in [2.05, 4.69) is 25.2 Å². The van der Waals surface area contributed by atoms with Gasteiger partial charge in [0.05, 0.1) is 24.6 Å². The second kappa shape index (κ2) is 8.07. The van der Waals surface area contributed by atoms with Crippen LogP contribution in [0.4, 0.5) is 11.9 Å². The Hall–Kier alpha value is -2.78. The molecular weight excluding hydrogens is 376 g/mol. The molecule has 1 saturated heterocycles. The monoisotopic (exact) mass is 398 g/mol. The summed E-state index contributed by atoms with van der Waals surface area (Å²) in [5.41, 5.74) is 0. The zero-order valence-electron chi connectivity index (χ0n) is 15.9. The highest BCUT2D eigenvalue weighted by molar-refractivity contribution is 7.20. The number of anilines is 2. The zero-order valence-corrected chi connectivity index (χ0v) is 16.7. The van der Waals surface area contributed by atoms with Crippen LogP contribution in [0, 0.1) is 0 Å². The van der Waals surface area contributed by atoms with Crippen molar-refractivity contribution in [3.63, 3.8) is 0 Å². The number of amides is 1. The molecule has 9 heteroatoms. The number of ether oxygens (including phenoxy) is 1. The second-order valence-corrected chi connectivity index (χ2v) is 7.76. The summed E-state index contributed by atoms with van der Waals surface area (Å²) in [6, 6.07) is 9.87. The highest BCUT2D eigenvalue weighted by Crippen LogP contribution is 2.25. The highest BCUT2D eigenvalue weighted by atomic mass is 32.1. The van der Waals surface area contributed by atoms with Gasteiger partial charge in [-0.25, -0.2) is 0 Å². The first-order chi connectivity index (χ1) is 13.6. The van der Waals surface area contributed by atoms with Gasteiger partial charge >= 0.3 is 0 Å². The Bertz CT molecular complexity index is 950. The van der Waals surface area contributed by atoms with Gasteiger partial charge in [-0.3, -0.25) is 4.79 Å². The Morgan fingerprint density at radius 2 is 2.00 bits per heavy atom. The third-order valence-corrected chi connectivity index (χ3v) is 5.52. The van der Waals surface area contributed by atoms with E-state index in [1.165, 1.54) is 11.3 Å². The van der Waals surface area contributed by atoms with Crippen LogP contribution < -0.4 is 15.1 Å². The second-order valence-electron chi connectivity index (χ2n) is 6.68. The summed E-state index contributed by atoms with van der Waals surface area (Å²) >= 11 is 1.48. The van der Waals surface area contributed by atoms with Crippen LogP contribution in [0.1, 0.15) is 15.5 Å². The molecule has 1 fully saturated rings. The third kappa shape index (κ3) is 4.05. The maximum absolute atomic E-state index is 12.6. The summed E-state index contributed by atoms with van der Waals surface area (Å²) in [7, 11) is 3.77. The number of hydrogen-bond acceptors (Lipinski definition) is 8. The van der Waals surface area contributed by atoms with E-state index in [0.717, 1.165) is 23.2 Å². The van der Waals surface area contributed by atoms with E-state index in [4.69, 9.17) is 4.74 Å². The highest BCUT2D eigenvalue weighted by Gasteiger charge is 2.18. The summed E-state index contributed by atoms with van der Waals surface area (Å²) in [4.78, 5) is 30.7. The molecule has 1 amide bonds. The Balaban J connectivity index is 1.51. The van der Waals surface area contributed by atoms with E-state index in [0.29, 0.717) is 35.8 Å². The molecule has 1 N–H and O–H groups in total. The number of fused-ring (bicyclic) bond motifs is 1. The molecule has 28 heavy (non-hydrogen) atoms. The lowest BCUT2D eigenvalue weighted by molar-refractivity contribution is 0.0954. The topological polar surface area (TPSA) is 83.5 Å². The molecule has 0 unspecified atom stereocenters. The largest absolute Gasteiger partial charge is 0.378 e. The van der Waals surface area contributed by atoms with Crippen molar-refractivity contribution in [1.29, 1.82) is 0 Å². The number of carbonyl (C=O) groups is 1. The first-order valence-corrected chi connectivity index (χ1v) is 9.93. The normalized spacial score (nSPS) is 14.3. The summed E-state index contributed by atoms with van der Waals surface area (Å²) in [6.45, 7) is 3.03. The van der Waals surface area contributed by atoms with Gasteiger partial charge in [0, 0.05) is 31.9 Å². The van der Waals surface area contributed by atoms with E-state index in [1.54, 1.807) is 0 Å². The fourth-order valence-corrected chi connectivity index (χ4v) is 3.90.